The smallest absolute Gasteiger partial charge is 0.149 e. The Morgan fingerprint density at radius 2 is 0.852 bits per heavy atom. The molecule has 0 aromatic heterocycles. The van der Waals surface area contributed by atoms with E-state index in [2.05, 4.69) is 69.5 Å². The van der Waals surface area contributed by atoms with Gasteiger partial charge in [-0.15, -0.1) is 0 Å². The molecule has 0 aliphatic carbocycles. The fourth-order valence-electron chi connectivity index (χ4n) is 2.41. The van der Waals surface area contributed by atoms with Gasteiger partial charge in [0, 0.05) is 13.2 Å². The Labute approximate surface area is 195 Å². The van der Waals surface area contributed by atoms with Crippen molar-refractivity contribution >= 4 is 45.2 Å². The van der Waals surface area contributed by atoms with Crippen molar-refractivity contribution in [2.24, 2.45) is 0 Å². The Morgan fingerprint density at radius 1 is 0.444 bits per heavy atom. The molecule has 160 valence electrons. The summed E-state index contributed by atoms with van der Waals surface area (Å²) in [5.74, 6) is 0. The summed E-state index contributed by atoms with van der Waals surface area (Å²) in [6.45, 7) is 2.16. The van der Waals surface area contributed by atoms with Crippen LogP contribution in [0.5, 0.6) is 0 Å². The highest BCUT2D eigenvalue weighted by atomic mass is 127. The molecule has 0 radical (unpaired) electrons. The van der Waals surface area contributed by atoms with E-state index in [-0.39, 0.29) is 0 Å². The molecule has 0 rings (SSSR count). The molecule has 27 heavy (non-hydrogen) atoms. The Hall–Kier alpha value is 0.820. The van der Waals surface area contributed by atoms with Crippen LogP contribution in [0.2, 0.25) is 0 Å². The van der Waals surface area contributed by atoms with Crippen molar-refractivity contribution in [3.8, 4) is 0 Å². The topological polar surface area (TPSA) is 27.7 Å². The summed E-state index contributed by atoms with van der Waals surface area (Å²) in [7, 11) is 0. The summed E-state index contributed by atoms with van der Waals surface area (Å²) in [6.07, 6.45) is 23.9. The van der Waals surface area contributed by atoms with Crippen molar-refractivity contribution in [2.45, 2.75) is 77.0 Å². The fraction of sp³-hybridized carbons (Fsp3) is 0.818. The van der Waals surface area contributed by atoms with Gasteiger partial charge in [-0.05, 0) is 73.1 Å². The predicted octanol–water partition coefficient (Wildman–Crippen LogP) is 7.61. The summed E-state index contributed by atoms with van der Waals surface area (Å²) in [5, 5.41) is 0. The van der Waals surface area contributed by atoms with E-state index in [1.165, 1.54) is 60.2 Å². The molecule has 0 aromatic carbocycles. The molecule has 0 saturated heterocycles. The highest BCUT2D eigenvalue weighted by molar-refractivity contribution is 14.1. The number of ether oxygens (including phenoxy) is 3. The molecular formula is C22H40I2O3. The van der Waals surface area contributed by atoms with Crippen LogP contribution in [-0.2, 0) is 14.2 Å². The molecule has 0 amide bonds. The lowest BCUT2D eigenvalue weighted by Crippen LogP contribution is -2.06. The molecule has 3 nitrogen and oxygen atoms in total. The molecule has 0 aliphatic rings. The molecular weight excluding hydrogens is 566 g/mol. The normalized spacial score (nSPS) is 11.9. The molecule has 0 aromatic rings. The second kappa shape index (κ2) is 26.8. The third kappa shape index (κ3) is 26.8. The van der Waals surface area contributed by atoms with E-state index in [0.29, 0.717) is 13.6 Å². The molecule has 0 bridgehead atoms. The second-order valence-electron chi connectivity index (χ2n) is 6.56. The first kappa shape index (κ1) is 27.8. The number of hydrogen-bond acceptors (Lipinski definition) is 3. The van der Waals surface area contributed by atoms with Crippen LogP contribution in [0.1, 0.15) is 77.0 Å². The highest BCUT2D eigenvalue weighted by Crippen LogP contribution is 2.05. The number of hydrogen-bond donors (Lipinski definition) is 0. The highest BCUT2D eigenvalue weighted by Gasteiger charge is 1.91. The predicted molar refractivity (Wildman–Crippen MR) is 134 cm³/mol. The quantitative estimate of drug-likeness (QED) is 0.0418. The first-order valence-electron chi connectivity index (χ1n) is 10.6. The Morgan fingerprint density at radius 3 is 1.26 bits per heavy atom. The number of alkyl halides is 2. The second-order valence-corrected chi connectivity index (χ2v) is 8.72. The van der Waals surface area contributed by atoms with Crippen LogP contribution in [0.4, 0.5) is 0 Å². The van der Waals surface area contributed by atoms with E-state index in [9.17, 15) is 0 Å². The van der Waals surface area contributed by atoms with Gasteiger partial charge in [0.15, 0.2) is 0 Å². The first-order valence-corrected chi connectivity index (χ1v) is 13.6. The number of rotatable bonds is 22. The molecule has 0 spiro atoms. The van der Waals surface area contributed by atoms with Gasteiger partial charge in [0.25, 0.3) is 0 Å². The van der Waals surface area contributed by atoms with Gasteiger partial charge in [0.1, 0.15) is 13.6 Å². The van der Waals surface area contributed by atoms with Crippen LogP contribution in [-0.4, -0.2) is 35.7 Å². The third-order valence-corrected chi connectivity index (χ3v) is 5.52. The van der Waals surface area contributed by atoms with Crippen molar-refractivity contribution < 1.29 is 14.2 Å². The maximum atomic E-state index is 5.44. The van der Waals surface area contributed by atoms with Crippen LogP contribution in [0.3, 0.4) is 0 Å². The van der Waals surface area contributed by atoms with Crippen LogP contribution < -0.4 is 0 Å². The minimum Gasteiger partial charge on any atom is -0.355 e. The first-order chi connectivity index (χ1) is 13.4. The van der Waals surface area contributed by atoms with Gasteiger partial charge in [-0.3, -0.25) is 0 Å². The van der Waals surface area contributed by atoms with E-state index in [1.807, 2.05) is 0 Å². The zero-order valence-corrected chi connectivity index (χ0v) is 21.3. The molecule has 0 N–H and O–H groups in total. The summed E-state index contributed by atoms with van der Waals surface area (Å²) < 4.78 is 18.8. The molecule has 0 unspecified atom stereocenters. The molecule has 0 aliphatic heterocycles. The van der Waals surface area contributed by atoms with Gasteiger partial charge in [0.05, 0.1) is 0 Å². The van der Waals surface area contributed by atoms with Crippen molar-refractivity contribution in [3.05, 3.63) is 24.3 Å². The van der Waals surface area contributed by atoms with E-state index in [0.717, 1.165) is 38.9 Å². The lowest BCUT2D eigenvalue weighted by atomic mass is 10.2. The maximum absolute atomic E-state index is 5.44. The Bertz CT molecular complexity index is 293. The number of halogens is 2. The van der Waals surface area contributed by atoms with Crippen LogP contribution in [0.15, 0.2) is 24.3 Å². The van der Waals surface area contributed by atoms with Crippen molar-refractivity contribution in [1.29, 1.82) is 0 Å². The zero-order valence-electron chi connectivity index (χ0n) is 17.0. The summed E-state index contributed by atoms with van der Waals surface area (Å²) in [6, 6.07) is 0. The molecule has 0 heterocycles. The van der Waals surface area contributed by atoms with Gasteiger partial charge in [-0.25, -0.2) is 0 Å². The monoisotopic (exact) mass is 606 g/mol. The fourth-order valence-corrected chi connectivity index (χ4v) is 3.49. The third-order valence-electron chi connectivity index (χ3n) is 3.99. The van der Waals surface area contributed by atoms with Gasteiger partial charge in [0.2, 0.25) is 0 Å². The van der Waals surface area contributed by atoms with Gasteiger partial charge in [-0.1, -0.05) is 82.3 Å². The Balaban J connectivity index is 3.08. The summed E-state index contributed by atoms with van der Waals surface area (Å²) in [4.78, 5) is 0. The van der Waals surface area contributed by atoms with E-state index in [1.54, 1.807) is 0 Å². The standard InChI is InChI=1S/C22H40I2O3/c23-17-13-9-5-1-3-7-11-15-19-25-21-27-22-26-20-16-12-8-4-2-6-10-14-18-24/h3-4,7-8H,1-2,5-6,9-22H2. The molecule has 0 fully saturated rings. The molecule has 5 heteroatoms. The van der Waals surface area contributed by atoms with Crippen LogP contribution in [0, 0.1) is 0 Å². The van der Waals surface area contributed by atoms with Crippen LogP contribution >= 0.6 is 45.2 Å². The number of allylic oxidation sites excluding steroid dienone is 4. The molecule has 0 saturated carbocycles. The number of unbranched alkanes of at least 4 members (excludes halogenated alkanes) is 8. The van der Waals surface area contributed by atoms with E-state index < -0.39 is 0 Å². The maximum Gasteiger partial charge on any atom is 0.149 e. The van der Waals surface area contributed by atoms with E-state index >= 15 is 0 Å². The van der Waals surface area contributed by atoms with Gasteiger partial charge in [-0.2, -0.15) is 0 Å². The van der Waals surface area contributed by atoms with Gasteiger partial charge < -0.3 is 14.2 Å². The van der Waals surface area contributed by atoms with Crippen molar-refractivity contribution in [3.63, 3.8) is 0 Å². The van der Waals surface area contributed by atoms with Crippen LogP contribution in [0.25, 0.3) is 0 Å². The lowest BCUT2D eigenvalue weighted by Gasteiger charge is -2.06. The SMILES string of the molecule is ICCCCCC=CCCCOCOCOCCCC=CCCCCCI. The average molecular weight is 606 g/mol. The average Bonchev–Trinajstić information content (AvgIpc) is 2.68. The van der Waals surface area contributed by atoms with E-state index in [4.69, 9.17) is 14.2 Å². The summed E-state index contributed by atoms with van der Waals surface area (Å²) >= 11 is 4.89. The van der Waals surface area contributed by atoms with Crippen molar-refractivity contribution in [1.82, 2.24) is 0 Å². The lowest BCUT2D eigenvalue weighted by molar-refractivity contribution is -0.131. The zero-order chi connectivity index (χ0) is 19.7. The largest absolute Gasteiger partial charge is 0.355 e. The minimum absolute atomic E-state index is 0.330. The van der Waals surface area contributed by atoms with Crippen molar-refractivity contribution in [2.75, 3.05) is 35.7 Å². The minimum atomic E-state index is 0.330. The van der Waals surface area contributed by atoms with Gasteiger partial charge >= 0.3 is 0 Å². The summed E-state index contributed by atoms with van der Waals surface area (Å²) in [5.41, 5.74) is 0. The molecule has 0 atom stereocenters. The Kier molecular flexibility index (Phi) is 27.6.